The third-order valence-electron chi connectivity index (χ3n) is 4.66. The number of hydrogen-bond acceptors (Lipinski definition) is 4. The molecule has 1 atom stereocenters. The molecule has 0 bridgehead atoms. The Morgan fingerprint density at radius 1 is 1.12 bits per heavy atom. The van der Waals surface area contributed by atoms with Crippen molar-refractivity contribution in [2.75, 3.05) is 24.5 Å². The first-order valence-electron chi connectivity index (χ1n) is 8.31. The summed E-state index contributed by atoms with van der Waals surface area (Å²) in [5.41, 5.74) is 0.984. The van der Waals surface area contributed by atoms with Gasteiger partial charge in [0.15, 0.2) is 0 Å². The zero-order chi connectivity index (χ0) is 16.5. The number of benzene rings is 1. The van der Waals surface area contributed by atoms with E-state index in [-0.39, 0.29) is 17.2 Å². The van der Waals surface area contributed by atoms with Crippen molar-refractivity contribution in [1.82, 2.24) is 14.9 Å². The lowest BCUT2D eigenvalue weighted by Gasteiger charge is -2.41. The van der Waals surface area contributed by atoms with Crippen LogP contribution in [0, 0.1) is 5.92 Å². The van der Waals surface area contributed by atoms with Gasteiger partial charge in [-0.05, 0) is 42.0 Å². The lowest BCUT2D eigenvalue weighted by Crippen LogP contribution is -2.53. The second-order valence-electron chi connectivity index (χ2n) is 6.42. The molecule has 0 spiro atoms. The van der Waals surface area contributed by atoms with Crippen molar-refractivity contribution < 1.29 is 4.79 Å². The summed E-state index contributed by atoms with van der Waals surface area (Å²) in [5.74, 6) is 1.53. The highest BCUT2D eigenvalue weighted by atomic mass is 35.5. The Hall–Kier alpha value is -2.14. The zero-order valence-corrected chi connectivity index (χ0v) is 14.1. The molecule has 2 aliphatic rings. The molecular weight excluding hydrogens is 324 g/mol. The standard InChI is InChI=1S/C18H19ClN4O/c19-18-20-9-8-15(21-18)23-11-10-22(12-13-6-7-13)17(24)16(23)14-4-2-1-3-5-14/h1-5,8-9,13,16H,6-7,10-12H2. The van der Waals surface area contributed by atoms with Gasteiger partial charge in [-0.2, -0.15) is 0 Å². The number of hydrogen-bond donors (Lipinski definition) is 0. The molecule has 2 aromatic rings. The van der Waals surface area contributed by atoms with Crippen molar-refractivity contribution in [3.63, 3.8) is 0 Å². The summed E-state index contributed by atoms with van der Waals surface area (Å²) in [6, 6.07) is 11.3. The summed E-state index contributed by atoms with van der Waals surface area (Å²) >= 11 is 5.96. The highest BCUT2D eigenvalue weighted by Crippen LogP contribution is 2.34. The normalized spacial score (nSPS) is 21.2. The Morgan fingerprint density at radius 3 is 2.62 bits per heavy atom. The molecule has 124 valence electrons. The molecule has 1 amide bonds. The molecule has 1 unspecified atom stereocenters. The van der Waals surface area contributed by atoms with Crippen molar-refractivity contribution in [3.8, 4) is 0 Å². The molecule has 6 heteroatoms. The van der Waals surface area contributed by atoms with E-state index in [1.54, 1.807) is 6.20 Å². The average molecular weight is 343 g/mol. The highest BCUT2D eigenvalue weighted by molar-refractivity contribution is 6.28. The Labute approximate surface area is 146 Å². The first-order chi connectivity index (χ1) is 11.7. The molecule has 1 saturated carbocycles. The molecule has 4 rings (SSSR count). The minimum atomic E-state index is -0.357. The monoisotopic (exact) mass is 342 g/mol. The van der Waals surface area contributed by atoms with Crippen LogP contribution in [0.1, 0.15) is 24.4 Å². The number of aromatic nitrogens is 2. The van der Waals surface area contributed by atoms with Crippen LogP contribution < -0.4 is 4.90 Å². The quantitative estimate of drug-likeness (QED) is 0.802. The van der Waals surface area contributed by atoms with Gasteiger partial charge in [-0.1, -0.05) is 30.3 Å². The fourth-order valence-electron chi connectivity index (χ4n) is 3.26. The second-order valence-corrected chi connectivity index (χ2v) is 6.76. The highest BCUT2D eigenvalue weighted by Gasteiger charge is 2.38. The van der Waals surface area contributed by atoms with Gasteiger partial charge >= 0.3 is 0 Å². The van der Waals surface area contributed by atoms with E-state index in [1.807, 2.05) is 46.2 Å². The maximum absolute atomic E-state index is 13.2. The van der Waals surface area contributed by atoms with Crippen LogP contribution in [-0.4, -0.2) is 40.4 Å². The summed E-state index contributed by atoms with van der Waals surface area (Å²) in [7, 11) is 0. The van der Waals surface area contributed by atoms with E-state index in [0.29, 0.717) is 11.7 Å². The molecule has 0 N–H and O–H groups in total. The minimum absolute atomic E-state index is 0.147. The Balaban J connectivity index is 1.68. The third-order valence-corrected chi connectivity index (χ3v) is 4.85. The summed E-state index contributed by atoms with van der Waals surface area (Å²) in [5, 5.41) is 0.201. The van der Waals surface area contributed by atoms with Gasteiger partial charge in [0.2, 0.25) is 11.2 Å². The SMILES string of the molecule is O=C1C(c2ccccc2)N(c2ccnc(Cl)n2)CCN1CC1CC1. The molecule has 1 aromatic carbocycles. The van der Waals surface area contributed by atoms with E-state index in [0.717, 1.165) is 25.2 Å². The van der Waals surface area contributed by atoms with Gasteiger partial charge in [0.1, 0.15) is 11.9 Å². The number of carbonyl (C=O) groups is 1. The van der Waals surface area contributed by atoms with Crippen molar-refractivity contribution >= 4 is 23.3 Å². The summed E-state index contributed by atoms with van der Waals surface area (Å²) in [6.45, 7) is 2.34. The van der Waals surface area contributed by atoms with Crippen LogP contribution in [0.15, 0.2) is 42.6 Å². The lowest BCUT2D eigenvalue weighted by molar-refractivity contribution is -0.134. The summed E-state index contributed by atoms with van der Waals surface area (Å²) in [6.07, 6.45) is 4.11. The van der Waals surface area contributed by atoms with Gasteiger partial charge in [0, 0.05) is 25.8 Å². The fourth-order valence-corrected chi connectivity index (χ4v) is 3.40. The van der Waals surface area contributed by atoms with Crippen molar-refractivity contribution in [2.24, 2.45) is 5.92 Å². The van der Waals surface area contributed by atoms with Crippen LogP contribution in [0.25, 0.3) is 0 Å². The van der Waals surface area contributed by atoms with Crippen LogP contribution in [0.4, 0.5) is 5.82 Å². The number of nitrogens with zero attached hydrogens (tertiary/aromatic N) is 4. The average Bonchev–Trinajstić information content (AvgIpc) is 3.41. The number of amides is 1. The molecule has 1 aliphatic heterocycles. The second kappa shape index (κ2) is 6.40. The number of piperazine rings is 1. The largest absolute Gasteiger partial charge is 0.339 e. The first kappa shape index (κ1) is 15.4. The lowest BCUT2D eigenvalue weighted by atomic mass is 10.0. The van der Waals surface area contributed by atoms with E-state index < -0.39 is 0 Å². The van der Waals surface area contributed by atoms with Crippen LogP contribution in [0.2, 0.25) is 5.28 Å². The summed E-state index contributed by atoms with van der Waals surface area (Å²) < 4.78 is 0. The Kier molecular flexibility index (Phi) is 4.10. The van der Waals surface area contributed by atoms with Crippen molar-refractivity contribution in [3.05, 3.63) is 53.4 Å². The number of halogens is 1. The molecular formula is C18H19ClN4O. The molecule has 2 heterocycles. The van der Waals surface area contributed by atoms with Crippen molar-refractivity contribution in [2.45, 2.75) is 18.9 Å². The van der Waals surface area contributed by atoms with E-state index in [2.05, 4.69) is 9.97 Å². The van der Waals surface area contributed by atoms with Crippen molar-refractivity contribution in [1.29, 1.82) is 0 Å². The van der Waals surface area contributed by atoms with Crippen LogP contribution >= 0.6 is 11.6 Å². The van der Waals surface area contributed by atoms with Gasteiger partial charge in [-0.25, -0.2) is 9.97 Å². The van der Waals surface area contributed by atoms with Gasteiger partial charge in [-0.15, -0.1) is 0 Å². The van der Waals surface area contributed by atoms with E-state index in [1.165, 1.54) is 12.8 Å². The molecule has 1 saturated heterocycles. The number of rotatable bonds is 4. The van der Waals surface area contributed by atoms with E-state index >= 15 is 0 Å². The first-order valence-corrected chi connectivity index (χ1v) is 8.69. The Morgan fingerprint density at radius 2 is 1.92 bits per heavy atom. The van der Waals surface area contributed by atoms with Gasteiger partial charge < -0.3 is 9.80 Å². The maximum atomic E-state index is 13.2. The van der Waals surface area contributed by atoms with E-state index in [4.69, 9.17) is 11.6 Å². The predicted octanol–water partition coefficient (Wildman–Crippen LogP) is 2.93. The maximum Gasteiger partial charge on any atom is 0.250 e. The smallest absolute Gasteiger partial charge is 0.250 e. The number of carbonyl (C=O) groups excluding carboxylic acids is 1. The Bertz CT molecular complexity index is 735. The third kappa shape index (κ3) is 3.08. The minimum Gasteiger partial charge on any atom is -0.339 e. The zero-order valence-electron chi connectivity index (χ0n) is 13.3. The van der Waals surface area contributed by atoms with Gasteiger partial charge in [-0.3, -0.25) is 4.79 Å². The molecule has 1 aromatic heterocycles. The van der Waals surface area contributed by atoms with Crippen LogP contribution in [0.3, 0.4) is 0 Å². The molecule has 0 radical (unpaired) electrons. The van der Waals surface area contributed by atoms with E-state index in [9.17, 15) is 4.79 Å². The predicted molar refractivity (Wildman–Crippen MR) is 92.9 cm³/mol. The molecule has 24 heavy (non-hydrogen) atoms. The molecule has 5 nitrogen and oxygen atoms in total. The van der Waals surface area contributed by atoms with Gasteiger partial charge in [0.25, 0.3) is 0 Å². The topological polar surface area (TPSA) is 49.3 Å². The van der Waals surface area contributed by atoms with Crippen LogP contribution in [0.5, 0.6) is 0 Å². The molecule has 2 fully saturated rings. The summed E-state index contributed by atoms with van der Waals surface area (Å²) in [4.78, 5) is 25.5. The van der Waals surface area contributed by atoms with Gasteiger partial charge in [0.05, 0.1) is 0 Å². The molecule has 1 aliphatic carbocycles. The van der Waals surface area contributed by atoms with Crippen LogP contribution in [-0.2, 0) is 4.79 Å². The number of anilines is 1. The fraction of sp³-hybridized carbons (Fsp3) is 0.389.